The number of hydrogen-bond acceptors (Lipinski definition) is 4. The van der Waals surface area contributed by atoms with Gasteiger partial charge in [0.25, 0.3) is 0 Å². The predicted octanol–water partition coefficient (Wildman–Crippen LogP) is -0.0116. The van der Waals surface area contributed by atoms with E-state index in [-0.39, 0.29) is 5.84 Å². The summed E-state index contributed by atoms with van der Waals surface area (Å²) in [5.41, 5.74) is 5.38. The molecule has 0 atom stereocenters. The van der Waals surface area contributed by atoms with Crippen LogP contribution in [0.4, 0.5) is 0 Å². The van der Waals surface area contributed by atoms with Crippen molar-refractivity contribution in [3.8, 4) is 0 Å². The lowest BCUT2D eigenvalue weighted by molar-refractivity contribution is 0.306. The highest BCUT2D eigenvalue weighted by atomic mass is 16.4. The molecule has 0 aliphatic heterocycles. The van der Waals surface area contributed by atoms with E-state index >= 15 is 0 Å². The van der Waals surface area contributed by atoms with E-state index in [1.807, 2.05) is 24.9 Å². The van der Waals surface area contributed by atoms with Crippen LogP contribution in [0.1, 0.15) is 12.2 Å². The minimum absolute atomic E-state index is 0.252. The fourth-order valence-corrected chi connectivity index (χ4v) is 1.22. The summed E-state index contributed by atoms with van der Waals surface area (Å²) in [6.45, 7) is 1.49. The lowest BCUT2D eigenvalue weighted by Crippen LogP contribution is -2.25. The molecule has 0 spiro atoms. The van der Waals surface area contributed by atoms with Gasteiger partial charge >= 0.3 is 0 Å². The molecule has 0 saturated carbocycles. The summed E-state index contributed by atoms with van der Waals surface area (Å²) in [7, 11) is 3.93. The van der Waals surface area contributed by atoms with Gasteiger partial charge in [-0.1, -0.05) is 5.16 Å². The summed E-state index contributed by atoms with van der Waals surface area (Å²) in [4.78, 5) is 6.28. The zero-order valence-electron chi connectivity index (χ0n) is 9.09. The van der Waals surface area contributed by atoms with Crippen LogP contribution in [-0.4, -0.2) is 39.1 Å². The molecule has 6 heteroatoms. The number of amidine groups is 1. The number of aromatic nitrogens is 2. The van der Waals surface area contributed by atoms with Gasteiger partial charge in [0.1, 0.15) is 11.7 Å². The Bertz CT molecular complexity index is 333. The lowest BCUT2D eigenvalue weighted by atomic mass is 10.3. The van der Waals surface area contributed by atoms with Crippen LogP contribution in [0.3, 0.4) is 0 Å². The molecular weight excluding hydrogens is 194 g/mol. The average molecular weight is 211 g/mol. The largest absolute Gasteiger partial charge is 0.409 e. The molecule has 0 aliphatic carbocycles. The van der Waals surface area contributed by atoms with Crippen molar-refractivity contribution in [2.75, 3.05) is 13.6 Å². The van der Waals surface area contributed by atoms with E-state index < -0.39 is 0 Å². The SMILES string of the molecule is CN(CCC(N)=NO)Cc1nccn1C. The summed E-state index contributed by atoms with van der Waals surface area (Å²) in [5, 5.41) is 11.3. The number of rotatable bonds is 5. The molecular formula is C9H17N5O. The summed E-state index contributed by atoms with van der Waals surface area (Å²) in [5.74, 6) is 1.25. The molecule has 1 aromatic rings. The molecule has 1 rings (SSSR count). The lowest BCUT2D eigenvalue weighted by Gasteiger charge is -2.15. The maximum atomic E-state index is 8.38. The van der Waals surface area contributed by atoms with Gasteiger partial charge < -0.3 is 15.5 Å². The number of nitrogens with zero attached hydrogens (tertiary/aromatic N) is 4. The third-order valence-corrected chi connectivity index (χ3v) is 2.21. The average Bonchev–Trinajstić information content (AvgIpc) is 2.61. The molecule has 6 nitrogen and oxygen atoms in total. The molecule has 84 valence electrons. The summed E-state index contributed by atoms with van der Waals surface area (Å²) >= 11 is 0. The number of imidazole rings is 1. The Balaban J connectivity index is 2.37. The molecule has 3 N–H and O–H groups in total. The van der Waals surface area contributed by atoms with Gasteiger partial charge in [-0.25, -0.2) is 4.98 Å². The smallest absolute Gasteiger partial charge is 0.140 e. The van der Waals surface area contributed by atoms with Gasteiger partial charge in [-0.2, -0.15) is 0 Å². The van der Waals surface area contributed by atoms with Crippen LogP contribution in [0.15, 0.2) is 17.5 Å². The van der Waals surface area contributed by atoms with E-state index in [0.717, 1.165) is 18.9 Å². The molecule has 0 aliphatic rings. The molecule has 0 bridgehead atoms. The first-order valence-corrected chi connectivity index (χ1v) is 4.74. The first-order chi connectivity index (χ1) is 7.13. The molecule has 1 heterocycles. The Hall–Kier alpha value is -1.56. The van der Waals surface area contributed by atoms with Gasteiger partial charge in [0.05, 0.1) is 6.54 Å². The van der Waals surface area contributed by atoms with Gasteiger partial charge in [0, 0.05) is 32.4 Å². The van der Waals surface area contributed by atoms with Crippen LogP contribution in [0.25, 0.3) is 0 Å². The van der Waals surface area contributed by atoms with Gasteiger partial charge in [0.15, 0.2) is 0 Å². The zero-order valence-corrected chi connectivity index (χ0v) is 9.09. The summed E-state index contributed by atoms with van der Waals surface area (Å²) in [6.07, 6.45) is 4.23. The maximum Gasteiger partial charge on any atom is 0.140 e. The Morgan fingerprint density at radius 1 is 1.73 bits per heavy atom. The predicted molar refractivity (Wildman–Crippen MR) is 57.6 cm³/mol. The first kappa shape index (κ1) is 11.5. The highest BCUT2D eigenvalue weighted by molar-refractivity contribution is 5.79. The number of hydrogen-bond donors (Lipinski definition) is 2. The fraction of sp³-hybridized carbons (Fsp3) is 0.556. The van der Waals surface area contributed by atoms with E-state index in [1.165, 1.54) is 0 Å². The molecule has 0 aromatic carbocycles. The van der Waals surface area contributed by atoms with Crippen LogP contribution in [0.5, 0.6) is 0 Å². The normalized spacial score (nSPS) is 12.3. The third kappa shape index (κ3) is 3.59. The molecule has 0 fully saturated rings. The second-order valence-corrected chi connectivity index (χ2v) is 3.53. The standard InChI is InChI=1S/C9H17N5O/c1-13(5-3-8(10)12-15)7-9-11-4-6-14(9)2/h4,6,15H,3,5,7H2,1-2H3,(H2,10,12). The van der Waals surface area contributed by atoms with Crippen LogP contribution < -0.4 is 5.73 Å². The molecule has 15 heavy (non-hydrogen) atoms. The minimum Gasteiger partial charge on any atom is -0.409 e. The second-order valence-electron chi connectivity index (χ2n) is 3.53. The van der Waals surface area contributed by atoms with Gasteiger partial charge in [-0.05, 0) is 7.05 Å². The van der Waals surface area contributed by atoms with Crippen molar-refractivity contribution in [3.05, 3.63) is 18.2 Å². The van der Waals surface area contributed by atoms with E-state index in [1.54, 1.807) is 6.20 Å². The van der Waals surface area contributed by atoms with Crippen molar-refractivity contribution in [1.29, 1.82) is 0 Å². The maximum absolute atomic E-state index is 8.38. The zero-order chi connectivity index (χ0) is 11.3. The van der Waals surface area contributed by atoms with Crippen molar-refractivity contribution in [1.82, 2.24) is 14.5 Å². The summed E-state index contributed by atoms with van der Waals surface area (Å²) < 4.78 is 1.97. The third-order valence-electron chi connectivity index (χ3n) is 2.21. The quantitative estimate of drug-likeness (QED) is 0.311. The monoisotopic (exact) mass is 211 g/mol. The molecule has 0 unspecified atom stereocenters. The Labute approximate surface area is 89.0 Å². The second kappa shape index (κ2) is 5.35. The first-order valence-electron chi connectivity index (χ1n) is 4.74. The van der Waals surface area contributed by atoms with Gasteiger partial charge in [0.2, 0.25) is 0 Å². The van der Waals surface area contributed by atoms with Crippen LogP contribution in [-0.2, 0) is 13.6 Å². The van der Waals surface area contributed by atoms with Gasteiger partial charge in [-0.3, -0.25) is 4.90 Å². The molecule has 1 aromatic heterocycles. The van der Waals surface area contributed by atoms with Crippen molar-refractivity contribution >= 4 is 5.84 Å². The highest BCUT2D eigenvalue weighted by Crippen LogP contribution is 1.99. The fourth-order valence-electron chi connectivity index (χ4n) is 1.22. The molecule has 0 radical (unpaired) electrons. The van der Waals surface area contributed by atoms with Gasteiger partial charge in [-0.15, -0.1) is 0 Å². The molecule has 0 amide bonds. The van der Waals surface area contributed by atoms with Crippen LogP contribution in [0, 0.1) is 0 Å². The van der Waals surface area contributed by atoms with E-state index in [9.17, 15) is 0 Å². The summed E-state index contributed by atoms with van der Waals surface area (Å²) in [6, 6.07) is 0. The number of aryl methyl sites for hydroxylation is 1. The van der Waals surface area contributed by atoms with Crippen molar-refractivity contribution in [2.45, 2.75) is 13.0 Å². The highest BCUT2D eigenvalue weighted by Gasteiger charge is 2.04. The van der Waals surface area contributed by atoms with Crippen LogP contribution in [0.2, 0.25) is 0 Å². The number of nitrogens with two attached hydrogens (primary N) is 1. The van der Waals surface area contributed by atoms with E-state index in [2.05, 4.69) is 15.0 Å². The van der Waals surface area contributed by atoms with Crippen LogP contribution >= 0.6 is 0 Å². The number of oxime groups is 1. The van der Waals surface area contributed by atoms with Crippen molar-refractivity contribution < 1.29 is 5.21 Å². The van der Waals surface area contributed by atoms with E-state index in [4.69, 9.17) is 10.9 Å². The van der Waals surface area contributed by atoms with Crippen molar-refractivity contribution in [2.24, 2.45) is 17.9 Å². The Morgan fingerprint density at radius 3 is 3.00 bits per heavy atom. The van der Waals surface area contributed by atoms with Crippen molar-refractivity contribution in [3.63, 3.8) is 0 Å². The topological polar surface area (TPSA) is 79.7 Å². The Kier molecular flexibility index (Phi) is 4.11. The Morgan fingerprint density at radius 2 is 2.47 bits per heavy atom. The molecule has 0 saturated heterocycles. The minimum atomic E-state index is 0.252. The van der Waals surface area contributed by atoms with E-state index in [0.29, 0.717) is 6.42 Å².